The van der Waals surface area contributed by atoms with Crippen LogP contribution in [0.2, 0.25) is 0 Å². The van der Waals surface area contributed by atoms with Gasteiger partial charge in [-0.1, -0.05) is 73.7 Å². The zero-order valence-corrected chi connectivity index (χ0v) is 11.6. The van der Waals surface area contributed by atoms with E-state index in [-0.39, 0.29) is 17.1 Å². The quantitative estimate of drug-likeness (QED) is 0.795. The maximum Gasteiger partial charge on any atom is 0.155 e. The molecule has 0 aliphatic heterocycles. The number of carbonyl (C=O) groups is 1. The molecule has 0 fully saturated rings. The van der Waals surface area contributed by atoms with Crippen LogP contribution in [0.25, 0.3) is 0 Å². The number of carbonyl (C=O) groups excluding carboxylic acids is 1. The van der Waals surface area contributed by atoms with Gasteiger partial charge < -0.3 is 0 Å². The van der Waals surface area contributed by atoms with Crippen LogP contribution in [0.3, 0.4) is 0 Å². The second-order valence-electron chi connectivity index (χ2n) is 5.51. The first-order valence-corrected chi connectivity index (χ1v) is 7.06. The molecule has 0 saturated heterocycles. The number of rotatable bonds is 2. The van der Waals surface area contributed by atoms with Crippen molar-refractivity contribution in [2.75, 3.05) is 0 Å². The molecular formula is C19H18O. The van der Waals surface area contributed by atoms with E-state index in [9.17, 15) is 4.79 Å². The molecule has 2 aromatic carbocycles. The van der Waals surface area contributed by atoms with Crippen LogP contribution >= 0.6 is 0 Å². The maximum absolute atomic E-state index is 11.7. The van der Waals surface area contributed by atoms with E-state index >= 15 is 0 Å². The fourth-order valence-electron chi connectivity index (χ4n) is 3.28. The maximum atomic E-state index is 11.7. The molecule has 3 rings (SSSR count). The molecule has 1 atom stereocenters. The molecule has 0 radical (unpaired) electrons. The number of hydrogen-bond donors (Lipinski definition) is 0. The van der Waals surface area contributed by atoms with Gasteiger partial charge in [0, 0.05) is 11.8 Å². The summed E-state index contributed by atoms with van der Waals surface area (Å²) in [7, 11) is 0. The van der Waals surface area contributed by atoms with E-state index in [0.29, 0.717) is 6.42 Å². The zero-order valence-electron chi connectivity index (χ0n) is 11.6. The highest BCUT2D eigenvalue weighted by Gasteiger charge is 2.40. The minimum atomic E-state index is -0.198. The van der Waals surface area contributed by atoms with Gasteiger partial charge in [0.15, 0.2) is 5.78 Å². The summed E-state index contributed by atoms with van der Waals surface area (Å²) in [5, 5.41) is 0. The highest BCUT2D eigenvalue weighted by Crippen LogP contribution is 2.44. The molecule has 0 N–H and O–H groups in total. The first-order valence-electron chi connectivity index (χ1n) is 7.06. The first kappa shape index (κ1) is 12.9. The average Bonchev–Trinajstić information content (AvgIpc) is 2.50. The molecule has 2 aromatic rings. The van der Waals surface area contributed by atoms with Crippen molar-refractivity contribution in [1.29, 1.82) is 0 Å². The molecular weight excluding hydrogens is 244 g/mol. The van der Waals surface area contributed by atoms with E-state index in [1.54, 1.807) is 6.08 Å². The number of hydrogen-bond acceptors (Lipinski definition) is 1. The third-order valence-corrected chi connectivity index (χ3v) is 4.32. The lowest BCUT2D eigenvalue weighted by Crippen LogP contribution is -2.37. The van der Waals surface area contributed by atoms with E-state index in [1.807, 2.05) is 12.1 Å². The van der Waals surface area contributed by atoms with Crippen LogP contribution in [-0.2, 0) is 10.2 Å². The summed E-state index contributed by atoms with van der Waals surface area (Å²) in [6.45, 7) is 2.17. The molecule has 1 nitrogen and oxygen atoms in total. The smallest absolute Gasteiger partial charge is 0.155 e. The third-order valence-electron chi connectivity index (χ3n) is 4.32. The van der Waals surface area contributed by atoms with Crippen LogP contribution in [0.15, 0.2) is 72.8 Å². The minimum absolute atomic E-state index is 0.198. The van der Waals surface area contributed by atoms with Crippen LogP contribution in [0.4, 0.5) is 0 Å². The predicted molar refractivity (Wildman–Crippen MR) is 81.6 cm³/mol. The van der Waals surface area contributed by atoms with Gasteiger partial charge in [0.25, 0.3) is 0 Å². The van der Waals surface area contributed by atoms with Gasteiger partial charge in [-0.25, -0.2) is 0 Å². The van der Waals surface area contributed by atoms with Crippen LogP contribution in [-0.4, -0.2) is 5.78 Å². The normalized spacial score (nSPS) is 20.9. The lowest BCUT2D eigenvalue weighted by molar-refractivity contribution is -0.116. The molecule has 100 valence electrons. The predicted octanol–water partition coefficient (Wildman–Crippen LogP) is 4.14. The Labute approximate surface area is 120 Å². The van der Waals surface area contributed by atoms with E-state index in [4.69, 9.17) is 0 Å². The Bertz CT molecular complexity index is 586. The Morgan fingerprint density at radius 1 is 0.900 bits per heavy atom. The summed E-state index contributed by atoms with van der Waals surface area (Å²) < 4.78 is 0. The van der Waals surface area contributed by atoms with E-state index in [0.717, 1.165) is 0 Å². The number of benzene rings is 2. The molecule has 20 heavy (non-hydrogen) atoms. The number of allylic oxidation sites excluding steroid dienone is 2. The van der Waals surface area contributed by atoms with E-state index in [1.165, 1.54) is 11.1 Å². The first-order chi connectivity index (χ1) is 9.73. The second-order valence-corrected chi connectivity index (χ2v) is 5.51. The molecule has 0 saturated carbocycles. The largest absolute Gasteiger partial charge is 0.295 e. The van der Waals surface area contributed by atoms with Gasteiger partial charge >= 0.3 is 0 Å². The van der Waals surface area contributed by atoms with Gasteiger partial charge in [0.05, 0.1) is 0 Å². The summed E-state index contributed by atoms with van der Waals surface area (Å²) in [5.74, 6) is 0.477. The summed E-state index contributed by atoms with van der Waals surface area (Å²) in [6, 6.07) is 21.0. The Morgan fingerprint density at radius 2 is 1.40 bits per heavy atom. The van der Waals surface area contributed by atoms with Gasteiger partial charge in [-0.15, -0.1) is 0 Å². The summed E-state index contributed by atoms with van der Waals surface area (Å²) >= 11 is 0. The minimum Gasteiger partial charge on any atom is -0.295 e. The Balaban J connectivity index is 2.24. The SMILES string of the molecule is CC1CC(=O)C=CC1(c1ccccc1)c1ccccc1. The molecule has 0 aromatic heterocycles. The Morgan fingerprint density at radius 3 is 1.85 bits per heavy atom. The lowest BCUT2D eigenvalue weighted by atomic mass is 9.63. The molecule has 1 aliphatic carbocycles. The van der Waals surface area contributed by atoms with E-state index in [2.05, 4.69) is 61.5 Å². The molecule has 0 amide bonds. The lowest BCUT2D eigenvalue weighted by Gasteiger charge is -2.40. The number of ketones is 1. The van der Waals surface area contributed by atoms with Gasteiger partial charge in [-0.05, 0) is 23.1 Å². The summed E-state index contributed by atoms with van der Waals surface area (Å²) in [6.07, 6.45) is 4.44. The van der Waals surface area contributed by atoms with Crippen molar-refractivity contribution in [2.24, 2.45) is 5.92 Å². The molecule has 1 aliphatic rings. The van der Waals surface area contributed by atoms with Crippen molar-refractivity contribution in [1.82, 2.24) is 0 Å². The van der Waals surface area contributed by atoms with Crippen molar-refractivity contribution in [3.63, 3.8) is 0 Å². The van der Waals surface area contributed by atoms with Crippen LogP contribution in [0, 0.1) is 5.92 Å². The van der Waals surface area contributed by atoms with Gasteiger partial charge in [0.1, 0.15) is 0 Å². The van der Waals surface area contributed by atoms with Gasteiger partial charge in [-0.2, -0.15) is 0 Å². The zero-order chi connectivity index (χ0) is 14.0. The third kappa shape index (κ3) is 2.00. The van der Waals surface area contributed by atoms with E-state index < -0.39 is 0 Å². The monoisotopic (exact) mass is 262 g/mol. The molecule has 1 unspecified atom stereocenters. The molecule has 0 heterocycles. The second kappa shape index (κ2) is 5.09. The highest BCUT2D eigenvalue weighted by molar-refractivity contribution is 5.91. The standard InChI is InChI=1S/C19H18O/c1-15-14-18(20)12-13-19(15,16-8-4-2-5-9-16)17-10-6-3-7-11-17/h2-13,15H,14H2,1H3. The van der Waals surface area contributed by atoms with Crippen molar-refractivity contribution in [3.05, 3.63) is 83.9 Å². The Kier molecular flexibility index (Phi) is 3.27. The van der Waals surface area contributed by atoms with Gasteiger partial charge in [-0.3, -0.25) is 4.79 Å². The van der Waals surface area contributed by atoms with Crippen molar-refractivity contribution in [2.45, 2.75) is 18.8 Å². The Hall–Kier alpha value is -2.15. The van der Waals surface area contributed by atoms with Crippen molar-refractivity contribution < 1.29 is 4.79 Å². The van der Waals surface area contributed by atoms with Gasteiger partial charge in [0.2, 0.25) is 0 Å². The molecule has 1 heteroatoms. The van der Waals surface area contributed by atoms with Crippen LogP contribution in [0.1, 0.15) is 24.5 Å². The van der Waals surface area contributed by atoms with Crippen molar-refractivity contribution in [3.8, 4) is 0 Å². The average molecular weight is 262 g/mol. The fraction of sp³-hybridized carbons (Fsp3) is 0.211. The van der Waals surface area contributed by atoms with Crippen LogP contribution < -0.4 is 0 Å². The van der Waals surface area contributed by atoms with Crippen LogP contribution in [0.5, 0.6) is 0 Å². The van der Waals surface area contributed by atoms with Crippen molar-refractivity contribution >= 4 is 5.78 Å². The molecule has 0 bridgehead atoms. The highest BCUT2D eigenvalue weighted by atomic mass is 16.1. The summed E-state index contributed by atoms with van der Waals surface area (Å²) in [5.41, 5.74) is 2.31. The molecule has 0 spiro atoms. The summed E-state index contributed by atoms with van der Waals surface area (Å²) in [4.78, 5) is 11.7. The topological polar surface area (TPSA) is 17.1 Å². The fourth-order valence-corrected chi connectivity index (χ4v) is 3.28.